The lowest BCUT2D eigenvalue weighted by Gasteiger charge is -2.17. The molecule has 23 heavy (non-hydrogen) atoms. The minimum atomic E-state index is -0.936. The molecule has 0 spiro atoms. The number of nitrogens with zero attached hydrogens (tertiary/aromatic N) is 2. The van der Waals surface area contributed by atoms with Gasteiger partial charge in [-0.25, -0.2) is 9.97 Å². The van der Waals surface area contributed by atoms with Gasteiger partial charge in [-0.1, -0.05) is 13.8 Å². The Morgan fingerprint density at radius 3 is 2.78 bits per heavy atom. The molecule has 0 radical (unpaired) electrons. The maximum atomic E-state index is 12.2. The van der Waals surface area contributed by atoms with E-state index in [2.05, 4.69) is 27.5 Å². The summed E-state index contributed by atoms with van der Waals surface area (Å²) < 4.78 is 0. The molecule has 2 aromatic rings. The average molecular weight is 336 g/mol. The van der Waals surface area contributed by atoms with Gasteiger partial charge in [0.05, 0.1) is 11.8 Å². The number of nitrogens with one attached hydrogen (secondary N) is 2. The molecule has 1 unspecified atom stereocenters. The van der Waals surface area contributed by atoms with Crippen molar-refractivity contribution in [3.8, 4) is 0 Å². The summed E-state index contributed by atoms with van der Waals surface area (Å²) >= 11 is 1.61. The van der Waals surface area contributed by atoms with Gasteiger partial charge >= 0.3 is 5.97 Å². The van der Waals surface area contributed by atoms with Gasteiger partial charge in [-0.05, 0) is 18.9 Å². The van der Waals surface area contributed by atoms with Crippen molar-refractivity contribution >= 4 is 39.2 Å². The smallest absolute Gasteiger partial charge is 0.305 e. The summed E-state index contributed by atoms with van der Waals surface area (Å²) in [5.74, 6) is -0.535. The summed E-state index contributed by atoms with van der Waals surface area (Å²) in [4.78, 5) is 33.3. The van der Waals surface area contributed by atoms with Gasteiger partial charge < -0.3 is 15.7 Å². The summed E-state index contributed by atoms with van der Waals surface area (Å²) in [6.07, 6.45) is 2.88. The van der Waals surface area contributed by atoms with E-state index in [0.717, 1.165) is 16.6 Å². The molecule has 0 aliphatic heterocycles. The number of hydrogen-bond donors (Lipinski definition) is 3. The summed E-state index contributed by atoms with van der Waals surface area (Å²) in [7, 11) is 0. The van der Waals surface area contributed by atoms with Crippen LogP contribution in [0.2, 0.25) is 0 Å². The molecule has 0 bridgehead atoms. The van der Waals surface area contributed by atoms with Crippen LogP contribution >= 0.6 is 11.3 Å². The van der Waals surface area contributed by atoms with Crippen LogP contribution in [-0.4, -0.2) is 39.5 Å². The Morgan fingerprint density at radius 1 is 1.35 bits per heavy atom. The third-order valence-electron chi connectivity index (χ3n) is 3.40. The molecule has 0 aliphatic rings. The van der Waals surface area contributed by atoms with Crippen molar-refractivity contribution in [3.63, 3.8) is 0 Å². The lowest BCUT2D eigenvalue weighted by molar-refractivity contribution is -0.136. The van der Waals surface area contributed by atoms with E-state index in [1.54, 1.807) is 11.3 Å². The molecule has 7 nitrogen and oxygen atoms in total. The molecule has 3 N–H and O–H groups in total. The number of rotatable bonds is 8. The lowest BCUT2D eigenvalue weighted by atomic mass is 10.2. The van der Waals surface area contributed by atoms with E-state index in [0.29, 0.717) is 12.2 Å². The van der Waals surface area contributed by atoms with Crippen LogP contribution in [0.25, 0.3) is 10.2 Å². The van der Waals surface area contributed by atoms with Crippen LogP contribution in [-0.2, 0) is 16.0 Å². The van der Waals surface area contributed by atoms with Gasteiger partial charge in [-0.3, -0.25) is 9.59 Å². The molecule has 124 valence electrons. The van der Waals surface area contributed by atoms with Gasteiger partial charge in [-0.15, -0.1) is 11.3 Å². The predicted octanol–water partition coefficient (Wildman–Crippen LogP) is 2.04. The number of fused-ring (bicyclic) bond motifs is 1. The summed E-state index contributed by atoms with van der Waals surface area (Å²) in [6.45, 7) is 4.08. The van der Waals surface area contributed by atoms with Crippen molar-refractivity contribution in [2.24, 2.45) is 0 Å². The third kappa shape index (κ3) is 4.38. The van der Waals surface area contributed by atoms with E-state index in [4.69, 9.17) is 5.11 Å². The van der Waals surface area contributed by atoms with Crippen LogP contribution in [0.5, 0.6) is 0 Å². The second kappa shape index (κ2) is 7.87. The van der Waals surface area contributed by atoms with Crippen molar-refractivity contribution < 1.29 is 14.7 Å². The molecular weight excluding hydrogens is 316 g/mol. The Balaban J connectivity index is 2.10. The van der Waals surface area contributed by atoms with Crippen molar-refractivity contribution in [3.05, 3.63) is 17.3 Å². The van der Waals surface area contributed by atoms with E-state index < -0.39 is 12.0 Å². The predicted molar refractivity (Wildman–Crippen MR) is 89.8 cm³/mol. The quantitative estimate of drug-likeness (QED) is 0.681. The Morgan fingerprint density at radius 2 is 2.13 bits per heavy atom. The molecule has 0 aromatic carbocycles. The second-order valence-electron chi connectivity index (χ2n) is 5.05. The number of carbonyl (C=O) groups is 2. The van der Waals surface area contributed by atoms with Crippen LogP contribution in [0.4, 0.5) is 5.82 Å². The summed E-state index contributed by atoms with van der Waals surface area (Å²) in [5, 5.41) is 15.3. The fourth-order valence-electron chi connectivity index (χ4n) is 2.13. The van der Waals surface area contributed by atoms with Crippen LogP contribution in [0.15, 0.2) is 12.4 Å². The highest BCUT2D eigenvalue weighted by Gasteiger charge is 2.18. The zero-order valence-electron chi connectivity index (χ0n) is 13.1. The van der Waals surface area contributed by atoms with Crippen LogP contribution < -0.4 is 10.6 Å². The largest absolute Gasteiger partial charge is 0.481 e. The van der Waals surface area contributed by atoms with Crippen LogP contribution in [0.1, 0.15) is 31.6 Å². The maximum Gasteiger partial charge on any atom is 0.305 e. The molecule has 0 saturated heterocycles. The van der Waals surface area contributed by atoms with E-state index in [9.17, 15) is 9.59 Å². The minimum Gasteiger partial charge on any atom is -0.481 e. The van der Waals surface area contributed by atoms with Crippen molar-refractivity contribution in [2.75, 3.05) is 11.9 Å². The first-order valence-electron chi connectivity index (χ1n) is 7.54. The summed E-state index contributed by atoms with van der Waals surface area (Å²) in [6, 6.07) is 1.57. The first kappa shape index (κ1) is 17.1. The van der Waals surface area contributed by atoms with E-state index >= 15 is 0 Å². The number of aromatic nitrogens is 2. The highest BCUT2D eigenvalue weighted by Crippen LogP contribution is 2.28. The number of carbonyl (C=O) groups excluding carboxylic acids is 1. The molecule has 0 fully saturated rings. The molecule has 2 rings (SSSR count). The number of aryl methyl sites for hydroxylation is 1. The zero-order valence-corrected chi connectivity index (χ0v) is 13.9. The number of hydrogen-bond acceptors (Lipinski definition) is 6. The van der Waals surface area contributed by atoms with Gasteiger partial charge in [0, 0.05) is 11.4 Å². The number of thiophene rings is 1. The Bertz CT molecular complexity index is 701. The van der Waals surface area contributed by atoms with Gasteiger partial charge in [-0.2, -0.15) is 0 Å². The molecule has 1 atom stereocenters. The average Bonchev–Trinajstić information content (AvgIpc) is 2.96. The van der Waals surface area contributed by atoms with Gasteiger partial charge in [0.15, 0.2) is 0 Å². The maximum absolute atomic E-state index is 12.2. The monoisotopic (exact) mass is 336 g/mol. The molecule has 8 heteroatoms. The number of amides is 1. The second-order valence-corrected chi connectivity index (χ2v) is 6.16. The van der Waals surface area contributed by atoms with Gasteiger partial charge in [0.25, 0.3) is 0 Å². The number of anilines is 1. The normalized spacial score (nSPS) is 12.1. The van der Waals surface area contributed by atoms with Crippen molar-refractivity contribution in [1.82, 2.24) is 15.3 Å². The van der Waals surface area contributed by atoms with Crippen LogP contribution in [0.3, 0.4) is 0 Å². The summed E-state index contributed by atoms with van der Waals surface area (Å²) in [5.41, 5.74) is 0. The Labute approximate surface area is 138 Å². The SMILES string of the molecule is CCc1cc2c(NC(CC)C(=O)NCCC(=O)O)ncnc2s1. The first-order chi connectivity index (χ1) is 11.0. The molecule has 2 aromatic heterocycles. The first-order valence-corrected chi connectivity index (χ1v) is 8.36. The number of aliphatic carboxylic acids is 1. The lowest BCUT2D eigenvalue weighted by Crippen LogP contribution is -2.40. The molecule has 1 amide bonds. The highest BCUT2D eigenvalue weighted by atomic mass is 32.1. The standard InChI is InChI=1S/C15H20N4O3S/c1-3-9-7-10-13(17-8-18-15(10)23-9)19-11(4-2)14(22)16-6-5-12(20)21/h7-8,11H,3-6H2,1-2H3,(H,16,22)(H,20,21)(H,17,18,19). The Hall–Kier alpha value is -2.22. The van der Waals surface area contributed by atoms with E-state index in [1.807, 2.05) is 13.0 Å². The van der Waals surface area contributed by atoms with Crippen LogP contribution in [0, 0.1) is 0 Å². The molecule has 0 saturated carbocycles. The van der Waals surface area contributed by atoms with E-state index in [-0.39, 0.29) is 18.9 Å². The fourth-order valence-corrected chi connectivity index (χ4v) is 3.06. The molecular formula is C15H20N4O3S. The van der Waals surface area contributed by atoms with E-state index in [1.165, 1.54) is 11.2 Å². The van der Waals surface area contributed by atoms with Gasteiger partial charge in [0.2, 0.25) is 5.91 Å². The van der Waals surface area contributed by atoms with Gasteiger partial charge in [0.1, 0.15) is 23.0 Å². The van der Waals surface area contributed by atoms with Crippen molar-refractivity contribution in [2.45, 2.75) is 39.2 Å². The number of carboxylic acids is 1. The molecule has 2 heterocycles. The minimum absolute atomic E-state index is 0.0929. The molecule has 0 aliphatic carbocycles. The van der Waals surface area contributed by atoms with Crippen molar-refractivity contribution in [1.29, 1.82) is 0 Å². The topological polar surface area (TPSA) is 104 Å². The number of carboxylic acid groups (broad SMARTS) is 1. The third-order valence-corrected chi connectivity index (χ3v) is 4.59. The fraction of sp³-hybridized carbons (Fsp3) is 0.467. The highest BCUT2D eigenvalue weighted by molar-refractivity contribution is 7.18. The zero-order chi connectivity index (χ0) is 16.8. The Kier molecular flexibility index (Phi) is 5.86.